The van der Waals surface area contributed by atoms with Gasteiger partial charge in [-0.1, -0.05) is 27.7 Å². The third kappa shape index (κ3) is 0.966. The molecule has 0 saturated heterocycles. The molecule has 0 amide bonds. The molecule has 90 valence electrons. The minimum Gasteiger partial charge on any atom is -0.298 e. The first-order valence-electron chi connectivity index (χ1n) is 6.88. The maximum atomic E-state index is 12.7. The minimum atomic E-state index is -0.0613. The normalized spacial score (nSPS) is 54.1. The zero-order valence-electron chi connectivity index (χ0n) is 11.1. The summed E-state index contributed by atoms with van der Waals surface area (Å²) in [6, 6.07) is 0. The number of hydrogen-bond acceptors (Lipinski definition) is 1. The molecule has 2 bridgehead atoms. The van der Waals surface area contributed by atoms with Gasteiger partial charge in [-0.2, -0.15) is 0 Å². The van der Waals surface area contributed by atoms with Crippen LogP contribution in [0.25, 0.3) is 0 Å². The molecule has 1 nitrogen and oxygen atoms in total. The van der Waals surface area contributed by atoms with Gasteiger partial charge in [0.15, 0.2) is 0 Å². The summed E-state index contributed by atoms with van der Waals surface area (Å²) in [5.74, 6) is 2.07. The lowest BCUT2D eigenvalue weighted by atomic mass is 9.52. The van der Waals surface area contributed by atoms with Crippen molar-refractivity contribution in [3.63, 3.8) is 0 Å². The molecule has 0 radical (unpaired) electrons. The van der Waals surface area contributed by atoms with Crippen LogP contribution >= 0.6 is 0 Å². The van der Waals surface area contributed by atoms with Crippen molar-refractivity contribution in [2.24, 2.45) is 28.1 Å². The Morgan fingerprint density at radius 2 is 1.81 bits per heavy atom. The molecule has 4 atom stereocenters. The molecule has 3 rings (SSSR count). The summed E-state index contributed by atoms with van der Waals surface area (Å²) in [5, 5.41) is 0. The molecule has 16 heavy (non-hydrogen) atoms. The Bertz CT molecular complexity index is 356. The van der Waals surface area contributed by atoms with Gasteiger partial charge in [-0.15, -0.1) is 0 Å². The molecule has 0 heterocycles. The lowest BCUT2D eigenvalue weighted by Gasteiger charge is -2.50. The van der Waals surface area contributed by atoms with E-state index in [9.17, 15) is 4.79 Å². The maximum absolute atomic E-state index is 12.7. The van der Waals surface area contributed by atoms with E-state index in [2.05, 4.69) is 27.7 Å². The van der Waals surface area contributed by atoms with Crippen LogP contribution in [0.15, 0.2) is 0 Å². The van der Waals surface area contributed by atoms with E-state index in [1.54, 1.807) is 0 Å². The molecule has 1 spiro atoms. The number of Topliss-reactive ketones (excluding diaryl/α,β-unsaturated/α-hetero) is 1. The highest BCUT2D eigenvalue weighted by molar-refractivity contribution is 5.91. The first kappa shape index (κ1) is 10.8. The van der Waals surface area contributed by atoms with Crippen LogP contribution in [0.2, 0.25) is 0 Å². The van der Waals surface area contributed by atoms with Crippen molar-refractivity contribution in [2.75, 3.05) is 0 Å². The zero-order chi connectivity index (χ0) is 11.8. The topological polar surface area (TPSA) is 17.1 Å². The van der Waals surface area contributed by atoms with E-state index in [4.69, 9.17) is 0 Å². The van der Waals surface area contributed by atoms with Gasteiger partial charge in [0.1, 0.15) is 5.78 Å². The van der Waals surface area contributed by atoms with Crippen LogP contribution in [0, 0.1) is 28.1 Å². The number of hydrogen-bond donors (Lipinski definition) is 0. The van der Waals surface area contributed by atoms with Gasteiger partial charge in [-0.3, -0.25) is 4.79 Å². The summed E-state index contributed by atoms with van der Waals surface area (Å²) in [5.41, 5.74) is 0.471. The Morgan fingerprint density at radius 1 is 1.12 bits per heavy atom. The van der Waals surface area contributed by atoms with Gasteiger partial charge in [0.2, 0.25) is 0 Å². The highest BCUT2D eigenvalue weighted by atomic mass is 16.1. The molecule has 1 heteroatoms. The van der Waals surface area contributed by atoms with Crippen LogP contribution in [0.1, 0.15) is 59.8 Å². The van der Waals surface area contributed by atoms with Gasteiger partial charge in [0.25, 0.3) is 0 Å². The third-order valence-corrected chi connectivity index (χ3v) is 6.43. The number of rotatable bonds is 0. The Balaban J connectivity index is 2.14. The van der Waals surface area contributed by atoms with Crippen LogP contribution in [0.5, 0.6) is 0 Å². The maximum Gasteiger partial charge on any atom is 0.144 e. The Labute approximate surface area is 99.0 Å². The van der Waals surface area contributed by atoms with E-state index in [-0.39, 0.29) is 10.8 Å². The predicted octanol–water partition coefficient (Wildman–Crippen LogP) is 3.82. The van der Waals surface area contributed by atoms with Gasteiger partial charge < -0.3 is 0 Å². The first-order valence-corrected chi connectivity index (χ1v) is 6.88. The molecule has 0 aromatic heterocycles. The van der Waals surface area contributed by atoms with Gasteiger partial charge in [0.05, 0.1) is 0 Å². The number of carbonyl (C=O) groups excluding carboxylic acids is 1. The monoisotopic (exact) mass is 220 g/mol. The van der Waals surface area contributed by atoms with Gasteiger partial charge in [0, 0.05) is 10.8 Å². The predicted molar refractivity (Wildman–Crippen MR) is 65.1 cm³/mol. The van der Waals surface area contributed by atoms with Crippen molar-refractivity contribution >= 4 is 5.78 Å². The summed E-state index contributed by atoms with van der Waals surface area (Å²) in [7, 11) is 0. The molecular formula is C15H24O. The smallest absolute Gasteiger partial charge is 0.144 e. The first-order chi connectivity index (χ1) is 7.33. The van der Waals surface area contributed by atoms with Gasteiger partial charge in [-0.05, 0) is 49.4 Å². The van der Waals surface area contributed by atoms with Crippen molar-refractivity contribution in [2.45, 2.75) is 59.8 Å². The fraction of sp³-hybridized carbons (Fsp3) is 0.933. The zero-order valence-corrected chi connectivity index (χ0v) is 11.1. The molecule has 0 aromatic rings. The van der Waals surface area contributed by atoms with E-state index in [1.165, 1.54) is 25.7 Å². The van der Waals surface area contributed by atoms with Crippen molar-refractivity contribution in [1.29, 1.82) is 0 Å². The second-order valence-corrected chi connectivity index (χ2v) is 7.55. The SMILES string of the molecule is CC1CCC2C(C)(C)C(=O)C3(C)CCC12C3. The lowest BCUT2D eigenvalue weighted by molar-refractivity contribution is -0.148. The average Bonchev–Trinajstić information content (AvgIpc) is 2.69. The average molecular weight is 220 g/mol. The van der Waals surface area contributed by atoms with Crippen molar-refractivity contribution in [1.82, 2.24) is 0 Å². The lowest BCUT2D eigenvalue weighted by Crippen LogP contribution is -2.51. The van der Waals surface area contributed by atoms with Crippen LogP contribution in [-0.4, -0.2) is 5.78 Å². The summed E-state index contributed by atoms with van der Waals surface area (Å²) in [6.07, 6.45) is 6.28. The second-order valence-electron chi connectivity index (χ2n) is 7.55. The van der Waals surface area contributed by atoms with Crippen LogP contribution in [0.4, 0.5) is 0 Å². The number of fused-ring (bicyclic) bond motifs is 1. The van der Waals surface area contributed by atoms with E-state index in [0.717, 1.165) is 12.3 Å². The summed E-state index contributed by atoms with van der Waals surface area (Å²) in [6.45, 7) is 9.09. The molecule has 3 aliphatic rings. The summed E-state index contributed by atoms with van der Waals surface area (Å²) < 4.78 is 0. The Morgan fingerprint density at radius 3 is 2.50 bits per heavy atom. The summed E-state index contributed by atoms with van der Waals surface area (Å²) >= 11 is 0. The van der Waals surface area contributed by atoms with Crippen molar-refractivity contribution in [3.8, 4) is 0 Å². The fourth-order valence-corrected chi connectivity index (χ4v) is 5.67. The van der Waals surface area contributed by atoms with Gasteiger partial charge >= 0.3 is 0 Å². The van der Waals surface area contributed by atoms with E-state index >= 15 is 0 Å². The summed E-state index contributed by atoms with van der Waals surface area (Å²) in [4.78, 5) is 12.7. The molecule has 3 fully saturated rings. The molecule has 0 aliphatic heterocycles. The number of carbonyl (C=O) groups is 1. The molecule has 4 unspecified atom stereocenters. The minimum absolute atomic E-state index is 0.0125. The van der Waals surface area contributed by atoms with E-state index in [0.29, 0.717) is 17.1 Å². The van der Waals surface area contributed by atoms with Crippen LogP contribution in [-0.2, 0) is 4.79 Å². The fourth-order valence-electron chi connectivity index (χ4n) is 5.67. The quantitative estimate of drug-likeness (QED) is 0.606. The molecule has 0 aromatic carbocycles. The van der Waals surface area contributed by atoms with Crippen molar-refractivity contribution in [3.05, 3.63) is 0 Å². The van der Waals surface area contributed by atoms with Crippen molar-refractivity contribution < 1.29 is 4.79 Å². The van der Waals surface area contributed by atoms with Crippen LogP contribution < -0.4 is 0 Å². The third-order valence-electron chi connectivity index (χ3n) is 6.43. The molecular weight excluding hydrogens is 196 g/mol. The highest BCUT2D eigenvalue weighted by Crippen LogP contribution is 2.71. The van der Waals surface area contributed by atoms with Gasteiger partial charge in [-0.25, -0.2) is 0 Å². The largest absolute Gasteiger partial charge is 0.298 e. The highest BCUT2D eigenvalue weighted by Gasteiger charge is 2.67. The van der Waals surface area contributed by atoms with Crippen LogP contribution in [0.3, 0.4) is 0 Å². The number of ketones is 1. The van der Waals surface area contributed by atoms with E-state index in [1.807, 2.05) is 0 Å². The molecule has 3 aliphatic carbocycles. The Hall–Kier alpha value is -0.330. The Kier molecular flexibility index (Phi) is 1.85. The standard InChI is InChI=1S/C15H24O/c1-10-5-6-11-13(2,3)12(16)14(4)7-8-15(10,11)9-14/h10-11H,5-9H2,1-4H3. The molecule has 3 saturated carbocycles. The second kappa shape index (κ2) is 2.73. The molecule has 0 N–H and O–H groups in total. The van der Waals surface area contributed by atoms with E-state index < -0.39 is 0 Å².